The van der Waals surface area contributed by atoms with Gasteiger partial charge in [-0.25, -0.2) is 9.18 Å². The summed E-state index contributed by atoms with van der Waals surface area (Å²) in [7, 11) is 0. The molecule has 1 aromatic carbocycles. The number of nitrogens with zero attached hydrogens (tertiary/aromatic N) is 2. The van der Waals surface area contributed by atoms with E-state index in [-0.39, 0.29) is 11.9 Å². The number of halogens is 2. The lowest BCUT2D eigenvalue weighted by Gasteiger charge is -2.36. The average Bonchev–Trinajstić information content (AvgIpc) is 2.43. The van der Waals surface area contributed by atoms with Gasteiger partial charge in [0, 0.05) is 32.2 Å². The SMILES string of the molecule is CCOC(=O)N1CCN(c2cc(Br)c(F)cc2N)CC1. The van der Waals surface area contributed by atoms with Crippen LogP contribution in [0.25, 0.3) is 0 Å². The molecule has 0 aliphatic carbocycles. The summed E-state index contributed by atoms with van der Waals surface area (Å²) in [6.07, 6.45) is -0.291. The van der Waals surface area contributed by atoms with Crippen molar-refractivity contribution in [2.45, 2.75) is 6.92 Å². The predicted molar refractivity (Wildman–Crippen MR) is 79.3 cm³/mol. The average molecular weight is 346 g/mol. The summed E-state index contributed by atoms with van der Waals surface area (Å²) >= 11 is 3.16. The number of carbonyl (C=O) groups excluding carboxylic acids is 1. The highest BCUT2D eigenvalue weighted by molar-refractivity contribution is 9.10. The van der Waals surface area contributed by atoms with E-state index in [1.807, 2.05) is 4.90 Å². The van der Waals surface area contributed by atoms with Crippen LogP contribution in [0.15, 0.2) is 16.6 Å². The Balaban J connectivity index is 2.04. The Morgan fingerprint density at radius 3 is 2.65 bits per heavy atom. The van der Waals surface area contributed by atoms with Crippen LogP contribution in [0.4, 0.5) is 20.6 Å². The van der Waals surface area contributed by atoms with E-state index in [2.05, 4.69) is 15.9 Å². The zero-order valence-corrected chi connectivity index (χ0v) is 12.8. The number of benzene rings is 1. The number of piperazine rings is 1. The van der Waals surface area contributed by atoms with Crippen LogP contribution >= 0.6 is 15.9 Å². The first kappa shape index (κ1) is 14.9. The molecule has 5 nitrogen and oxygen atoms in total. The van der Waals surface area contributed by atoms with Gasteiger partial charge in [0.25, 0.3) is 0 Å². The van der Waals surface area contributed by atoms with Gasteiger partial charge in [0.2, 0.25) is 0 Å². The van der Waals surface area contributed by atoms with Crippen molar-refractivity contribution in [1.29, 1.82) is 0 Å². The third-order valence-corrected chi connectivity index (χ3v) is 3.82. The molecule has 1 aliphatic rings. The van der Waals surface area contributed by atoms with Crippen LogP contribution in [-0.4, -0.2) is 43.8 Å². The van der Waals surface area contributed by atoms with Crippen LogP contribution in [0.5, 0.6) is 0 Å². The minimum atomic E-state index is -0.378. The molecule has 20 heavy (non-hydrogen) atoms. The zero-order valence-electron chi connectivity index (χ0n) is 11.2. The third kappa shape index (κ3) is 3.15. The first-order valence-electron chi connectivity index (χ1n) is 6.44. The molecule has 0 spiro atoms. The van der Waals surface area contributed by atoms with Crippen molar-refractivity contribution in [1.82, 2.24) is 4.90 Å². The van der Waals surface area contributed by atoms with Crippen molar-refractivity contribution in [2.75, 3.05) is 43.4 Å². The molecule has 1 fully saturated rings. The van der Waals surface area contributed by atoms with Gasteiger partial charge < -0.3 is 20.3 Å². The Kier molecular flexibility index (Phi) is 4.69. The van der Waals surface area contributed by atoms with E-state index in [4.69, 9.17) is 10.5 Å². The van der Waals surface area contributed by atoms with Crippen LogP contribution in [0.3, 0.4) is 0 Å². The second-order valence-corrected chi connectivity index (χ2v) is 5.35. The number of anilines is 2. The molecule has 0 aromatic heterocycles. The van der Waals surface area contributed by atoms with E-state index in [1.54, 1.807) is 17.9 Å². The minimum absolute atomic E-state index is 0.291. The summed E-state index contributed by atoms with van der Waals surface area (Å²) in [5.41, 5.74) is 7.03. The molecule has 110 valence electrons. The maximum atomic E-state index is 13.4. The predicted octanol–water partition coefficient (Wildman–Crippen LogP) is 2.45. The third-order valence-electron chi connectivity index (χ3n) is 3.22. The number of carbonyl (C=O) groups is 1. The first-order valence-corrected chi connectivity index (χ1v) is 7.23. The smallest absolute Gasteiger partial charge is 0.409 e. The van der Waals surface area contributed by atoms with Gasteiger partial charge in [-0.3, -0.25) is 0 Å². The second-order valence-electron chi connectivity index (χ2n) is 4.50. The summed E-state index contributed by atoms with van der Waals surface area (Å²) in [6.45, 7) is 4.56. The van der Waals surface area contributed by atoms with Crippen molar-refractivity contribution in [3.05, 3.63) is 22.4 Å². The molecule has 0 radical (unpaired) electrons. The molecule has 0 saturated carbocycles. The van der Waals surface area contributed by atoms with Crippen molar-refractivity contribution in [3.63, 3.8) is 0 Å². The molecule has 1 aliphatic heterocycles. The maximum absolute atomic E-state index is 13.4. The fourth-order valence-corrected chi connectivity index (χ4v) is 2.50. The van der Waals surface area contributed by atoms with Crippen molar-refractivity contribution in [2.24, 2.45) is 0 Å². The first-order chi connectivity index (χ1) is 9.52. The monoisotopic (exact) mass is 345 g/mol. The van der Waals surface area contributed by atoms with E-state index in [0.29, 0.717) is 42.9 Å². The molecular weight excluding hydrogens is 329 g/mol. The number of hydrogen-bond donors (Lipinski definition) is 1. The summed E-state index contributed by atoms with van der Waals surface area (Å²) < 4.78 is 18.7. The molecule has 0 unspecified atom stereocenters. The molecule has 2 N–H and O–H groups in total. The summed E-state index contributed by atoms with van der Waals surface area (Å²) in [6, 6.07) is 2.97. The van der Waals surface area contributed by atoms with Gasteiger partial charge in [0.05, 0.1) is 22.5 Å². The van der Waals surface area contributed by atoms with Gasteiger partial charge >= 0.3 is 6.09 Å². The number of ether oxygens (including phenoxy) is 1. The summed E-state index contributed by atoms with van der Waals surface area (Å²) in [5, 5.41) is 0. The van der Waals surface area contributed by atoms with Crippen LogP contribution < -0.4 is 10.6 Å². The summed E-state index contributed by atoms with van der Waals surface area (Å²) in [5.74, 6) is -0.378. The molecule has 1 heterocycles. The number of rotatable bonds is 2. The van der Waals surface area contributed by atoms with Crippen LogP contribution in [0.1, 0.15) is 6.92 Å². The number of nitrogens with two attached hydrogens (primary N) is 1. The maximum Gasteiger partial charge on any atom is 0.409 e. The van der Waals surface area contributed by atoms with Gasteiger partial charge in [0.15, 0.2) is 0 Å². The molecule has 1 saturated heterocycles. The highest BCUT2D eigenvalue weighted by Crippen LogP contribution is 2.30. The fraction of sp³-hybridized carbons (Fsp3) is 0.462. The highest BCUT2D eigenvalue weighted by atomic mass is 79.9. The lowest BCUT2D eigenvalue weighted by atomic mass is 10.2. The number of hydrogen-bond acceptors (Lipinski definition) is 4. The molecule has 7 heteroatoms. The molecule has 1 amide bonds. The topological polar surface area (TPSA) is 58.8 Å². The molecule has 0 atom stereocenters. The molecule has 1 aromatic rings. The van der Waals surface area contributed by atoms with Crippen molar-refractivity contribution >= 4 is 33.4 Å². The van der Waals surface area contributed by atoms with Gasteiger partial charge in [-0.2, -0.15) is 0 Å². The van der Waals surface area contributed by atoms with Crippen molar-refractivity contribution in [3.8, 4) is 0 Å². The lowest BCUT2D eigenvalue weighted by molar-refractivity contribution is 0.105. The Morgan fingerprint density at radius 2 is 2.05 bits per heavy atom. The quantitative estimate of drug-likeness (QED) is 0.836. The van der Waals surface area contributed by atoms with E-state index in [1.165, 1.54) is 6.07 Å². The second kappa shape index (κ2) is 6.30. The van der Waals surface area contributed by atoms with Gasteiger partial charge in [-0.05, 0) is 28.9 Å². The standard InChI is InChI=1S/C13H17BrFN3O2/c1-2-20-13(19)18-5-3-17(4-6-18)12-7-9(14)10(15)8-11(12)16/h7-8H,2-6,16H2,1H3. The molecular formula is C13H17BrFN3O2. The Labute approximate surface area is 125 Å². The molecule has 2 rings (SSSR count). The number of nitrogen functional groups attached to an aromatic ring is 1. The molecule has 0 bridgehead atoms. The van der Waals surface area contributed by atoms with Gasteiger partial charge in [-0.1, -0.05) is 0 Å². The highest BCUT2D eigenvalue weighted by Gasteiger charge is 2.23. The summed E-state index contributed by atoms with van der Waals surface area (Å²) in [4.78, 5) is 15.3. The van der Waals surface area contributed by atoms with E-state index >= 15 is 0 Å². The Bertz CT molecular complexity index is 505. The van der Waals surface area contributed by atoms with Crippen LogP contribution in [0.2, 0.25) is 0 Å². The number of amides is 1. The minimum Gasteiger partial charge on any atom is -0.450 e. The van der Waals surface area contributed by atoms with Crippen molar-refractivity contribution < 1.29 is 13.9 Å². The Morgan fingerprint density at radius 1 is 1.40 bits per heavy atom. The van der Waals surface area contributed by atoms with Crippen LogP contribution in [0, 0.1) is 5.82 Å². The van der Waals surface area contributed by atoms with E-state index < -0.39 is 0 Å². The van der Waals surface area contributed by atoms with Gasteiger partial charge in [0.1, 0.15) is 5.82 Å². The van der Waals surface area contributed by atoms with Gasteiger partial charge in [-0.15, -0.1) is 0 Å². The van der Waals surface area contributed by atoms with Crippen LogP contribution in [-0.2, 0) is 4.74 Å². The largest absolute Gasteiger partial charge is 0.450 e. The van der Waals surface area contributed by atoms with E-state index in [0.717, 1.165) is 5.69 Å². The Hall–Kier alpha value is -1.50. The zero-order chi connectivity index (χ0) is 14.7. The normalized spacial score (nSPS) is 15.3. The van der Waals surface area contributed by atoms with E-state index in [9.17, 15) is 9.18 Å². The fourth-order valence-electron chi connectivity index (χ4n) is 2.17. The lowest BCUT2D eigenvalue weighted by Crippen LogP contribution is -2.49.